The molecule has 2 aromatic carbocycles. The molecule has 1 heterocycles. The van der Waals surface area contributed by atoms with E-state index in [1.807, 2.05) is 0 Å². The summed E-state index contributed by atoms with van der Waals surface area (Å²) in [4.78, 5) is 16.0. The Bertz CT molecular complexity index is 1100. The Morgan fingerprint density at radius 3 is 2.32 bits per heavy atom. The summed E-state index contributed by atoms with van der Waals surface area (Å²) in [5.41, 5.74) is -0.844. The third-order valence-electron chi connectivity index (χ3n) is 4.80. The molecule has 166 valence electrons. The monoisotopic (exact) mass is 512 g/mol. The van der Waals surface area contributed by atoms with Gasteiger partial charge in [0.05, 0.1) is 22.2 Å². The van der Waals surface area contributed by atoms with Gasteiger partial charge in [-0.1, -0.05) is 11.2 Å². The summed E-state index contributed by atoms with van der Waals surface area (Å²) in [7, 11) is 0. The number of carbonyl (C=O) groups excluding carboxylic acids is 1. The normalized spacial score (nSPS) is 19.2. The first-order chi connectivity index (χ1) is 14.2. The van der Waals surface area contributed by atoms with Crippen molar-refractivity contribution in [2.45, 2.75) is 31.3 Å². The summed E-state index contributed by atoms with van der Waals surface area (Å²) >= 11 is 2.54. The van der Waals surface area contributed by atoms with E-state index in [9.17, 15) is 35.5 Å². The van der Waals surface area contributed by atoms with Crippen LogP contribution in [0.5, 0.6) is 0 Å². The summed E-state index contributed by atoms with van der Waals surface area (Å²) in [6, 6.07) is 4.26. The van der Waals surface area contributed by atoms with Gasteiger partial charge in [0.1, 0.15) is 5.82 Å². The van der Waals surface area contributed by atoms with Crippen molar-refractivity contribution in [3.63, 3.8) is 0 Å². The van der Waals surface area contributed by atoms with Gasteiger partial charge in [-0.3, -0.25) is 4.79 Å². The smallest absolute Gasteiger partial charge is 0.374 e. The molecular weight excluding hydrogens is 501 g/mol. The zero-order chi connectivity index (χ0) is 23.4. The van der Waals surface area contributed by atoms with Crippen LogP contribution < -0.4 is 5.73 Å². The molecular formula is C19H12BrF7N2O2. The van der Waals surface area contributed by atoms with E-state index < -0.39 is 51.7 Å². The van der Waals surface area contributed by atoms with Crippen molar-refractivity contribution in [1.29, 1.82) is 0 Å². The van der Waals surface area contributed by atoms with E-state index in [4.69, 9.17) is 5.73 Å². The second-order valence-corrected chi connectivity index (χ2v) is 7.70. The van der Waals surface area contributed by atoms with Crippen LogP contribution in [0.15, 0.2) is 40.0 Å². The number of amides is 1. The molecule has 1 atom stereocenters. The molecule has 12 heteroatoms. The minimum Gasteiger partial charge on any atom is -0.374 e. The van der Waals surface area contributed by atoms with E-state index in [1.54, 1.807) is 0 Å². The molecule has 4 nitrogen and oxygen atoms in total. The van der Waals surface area contributed by atoms with Gasteiger partial charge in [0.25, 0.3) is 5.60 Å². The number of hydrogen-bond acceptors (Lipinski definition) is 3. The number of rotatable bonds is 3. The zero-order valence-electron chi connectivity index (χ0n) is 15.5. The average molecular weight is 513 g/mol. The van der Waals surface area contributed by atoms with Crippen LogP contribution in [0.25, 0.3) is 0 Å². The van der Waals surface area contributed by atoms with E-state index in [0.29, 0.717) is 11.6 Å². The molecule has 0 spiro atoms. The molecule has 0 saturated heterocycles. The van der Waals surface area contributed by atoms with Crippen molar-refractivity contribution in [3.05, 3.63) is 68.4 Å². The number of carbonyl (C=O) groups is 1. The van der Waals surface area contributed by atoms with E-state index in [0.717, 1.165) is 0 Å². The fourth-order valence-corrected chi connectivity index (χ4v) is 3.66. The SMILES string of the molecule is Cc1cc(C2=NO[C@@](c3cc(C(F)(F)F)cc(Br)c3F)(C(F)(F)F)C2)ccc1C(N)=O. The number of halogens is 8. The number of oxime groups is 1. The highest BCUT2D eigenvalue weighted by atomic mass is 79.9. The number of benzene rings is 2. The Balaban J connectivity index is 2.12. The molecule has 3 rings (SSSR count). The van der Waals surface area contributed by atoms with Gasteiger partial charge in [0.2, 0.25) is 5.91 Å². The van der Waals surface area contributed by atoms with Gasteiger partial charge < -0.3 is 10.6 Å². The van der Waals surface area contributed by atoms with Crippen molar-refractivity contribution in [1.82, 2.24) is 0 Å². The van der Waals surface area contributed by atoms with Crippen molar-refractivity contribution in [3.8, 4) is 0 Å². The van der Waals surface area contributed by atoms with Gasteiger partial charge in [-0.2, -0.15) is 26.3 Å². The topological polar surface area (TPSA) is 64.7 Å². The van der Waals surface area contributed by atoms with E-state index in [1.165, 1.54) is 25.1 Å². The molecule has 1 amide bonds. The van der Waals surface area contributed by atoms with Crippen LogP contribution in [0.3, 0.4) is 0 Å². The highest BCUT2D eigenvalue weighted by Gasteiger charge is 2.64. The van der Waals surface area contributed by atoms with Crippen LogP contribution in [-0.4, -0.2) is 17.8 Å². The van der Waals surface area contributed by atoms with E-state index >= 15 is 0 Å². The average Bonchev–Trinajstić information content (AvgIpc) is 3.09. The molecule has 31 heavy (non-hydrogen) atoms. The van der Waals surface area contributed by atoms with Crippen LogP contribution in [-0.2, 0) is 16.6 Å². The van der Waals surface area contributed by atoms with Crippen molar-refractivity contribution in [2.24, 2.45) is 10.9 Å². The van der Waals surface area contributed by atoms with Crippen LogP contribution >= 0.6 is 15.9 Å². The number of alkyl halides is 6. The number of hydrogen-bond donors (Lipinski definition) is 1. The third kappa shape index (κ3) is 4.00. The van der Waals surface area contributed by atoms with Gasteiger partial charge in [-0.25, -0.2) is 4.39 Å². The standard InChI is InChI=1S/C19H12BrF7N2O2/c1-8-4-9(2-3-11(8)16(28)30)14-7-17(31-29-14,19(25,26)27)12-5-10(18(22,23)24)6-13(20)15(12)21/h2-6H,7H2,1H3,(H2,28,30)/t17-/m0/s1. The Labute approximate surface area is 179 Å². The molecule has 0 radical (unpaired) electrons. The Morgan fingerprint density at radius 2 is 1.81 bits per heavy atom. The minimum absolute atomic E-state index is 0.0630. The van der Waals surface area contributed by atoms with Gasteiger partial charge in [-0.15, -0.1) is 0 Å². The summed E-state index contributed by atoms with van der Waals surface area (Å²) in [5, 5.41) is 3.40. The minimum atomic E-state index is -5.31. The Morgan fingerprint density at radius 1 is 1.16 bits per heavy atom. The molecule has 0 saturated carbocycles. The molecule has 0 bridgehead atoms. The molecule has 1 aliphatic rings. The lowest BCUT2D eigenvalue weighted by atomic mass is 9.85. The molecule has 0 fully saturated rings. The van der Waals surface area contributed by atoms with Crippen molar-refractivity contribution >= 4 is 27.5 Å². The second-order valence-electron chi connectivity index (χ2n) is 6.84. The number of nitrogens with two attached hydrogens (primary N) is 1. The molecule has 0 aliphatic carbocycles. The maximum Gasteiger partial charge on any atom is 0.435 e. The van der Waals surface area contributed by atoms with E-state index in [2.05, 4.69) is 25.9 Å². The lowest BCUT2D eigenvalue weighted by molar-refractivity contribution is -0.277. The Kier molecular flexibility index (Phi) is 5.58. The Hall–Kier alpha value is -2.63. The molecule has 2 N–H and O–H groups in total. The molecule has 0 unspecified atom stereocenters. The van der Waals surface area contributed by atoms with E-state index in [-0.39, 0.29) is 22.9 Å². The predicted molar refractivity (Wildman–Crippen MR) is 98.8 cm³/mol. The predicted octanol–water partition coefficient (Wildman–Crippen LogP) is 5.60. The first kappa shape index (κ1) is 23.0. The lowest BCUT2D eigenvalue weighted by Gasteiger charge is -2.30. The summed E-state index contributed by atoms with van der Waals surface area (Å²) in [5.74, 6) is -2.31. The van der Waals surface area contributed by atoms with Crippen LogP contribution in [0.1, 0.15) is 39.0 Å². The molecule has 2 aromatic rings. The molecule has 1 aliphatic heterocycles. The fourth-order valence-electron chi connectivity index (χ4n) is 3.20. The molecule has 0 aromatic heterocycles. The number of aryl methyl sites for hydroxylation is 1. The summed E-state index contributed by atoms with van der Waals surface area (Å²) in [6.07, 6.45) is -11.4. The third-order valence-corrected chi connectivity index (χ3v) is 5.38. The fraction of sp³-hybridized carbons (Fsp3) is 0.263. The summed E-state index contributed by atoms with van der Waals surface area (Å²) < 4.78 is 95.4. The largest absolute Gasteiger partial charge is 0.435 e. The van der Waals surface area contributed by atoms with Crippen LogP contribution in [0.4, 0.5) is 30.7 Å². The van der Waals surface area contributed by atoms with Gasteiger partial charge >= 0.3 is 12.4 Å². The number of primary amides is 1. The van der Waals surface area contributed by atoms with Crippen LogP contribution in [0, 0.1) is 12.7 Å². The van der Waals surface area contributed by atoms with Crippen molar-refractivity contribution in [2.75, 3.05) is 0 Å². The number of nitrogens with zero attached hydrogens (tertiary/aromatic N) is 1. The van der Waals surface area contributed by atoms with Gasteiger partial charge in [-0.05, 0) is 58.2 Å². The maximum absolute atomic E-state index is 14.6. The van der Waals surface area contributed by atoms with Gasteiger partial charge in [0.15, 0.2) is 0 Å². The highest BCUT2D eigenvalue weighted by molar-refractivity contribution is 9.10. The first-order valence-electron chi connectivity index (χ1n) is 8.46. The lowest BCUT2D eigenvalue weighted by Crippen LogP contribution is -2.43. The maximum atomic E-state index is 14.6. The van der Waals surface area contributed by atoms with Gasteiger partial charge in [0, 0.05) is 11.1 Å². The zero-order valence-corrected chi connectivity index (χ0v) is 17.0. The first-order valence-corrected chi connectivity index (χ1v) is 9.26. The highest BCUT2D eigenvalue weighted by Crippen LogP contribution is 2.51. The summed E-state index contributed by atoms with van der Waals surface area (Å²) in [6.45, 7) is 1.49. The van der Waals surface area contributed by atoms with Crippen LogP contribution in [0.2, 0.25) is 0 Å². The second kappa shape index (κ2) is 7.50. The quantitative estimate of drug-likeness (QED) is 0.544. The van der Waals surface area contributed by atoms with Crippen molar-refractivity contribution < 1.29 is 40.4 Å².